The number of halogens is 1. The molecule has 0 bridgehead atoms. The van der Waals surface area contributed by atoms with Gasteiger partial charge in [-0.3, -0.25) is 4.79 Å². The molecule has 1 amide bonds. The molecule has 0 aliphatic rings. The van der Waals surface area contributed by atoms with Crippen LogP contribution < -0.4 is 5.73 Å². The summed E-state index contributed by atoms with van der Waals surface area (Å²) in [4.78, 5) is 10.5. The van der Waals surface area contributed by atoms with Crippen molar-refractivity contribution in [2.45, 2.75) is 6.92 Å². The second kappa shape index (κ2) is 5.53. The number of likely N-dealkylation sites (N-methyl/N-ethyl adjacent to an activating group) is 1. The highest BCUT2D eigenvalue weighted by Crippen LogP contribution is 2.06. The summed E-state index contributed by atoms with van der Waals surface area (Å²) in [5.41, 5.74) is 4.88. The second-order valence-corrected chi connectivity index (χ2v) is 5.69. The van der Waals surface area contributed by atoms with E-state index in [-0.39, 0.29) is 24.1 Å². The standard InChI is InChI=1S/C7H15ClN2O3S/c1-6(3-8)5-14(12,13)10(2)4-7(9)11/h6H,3-5H2,1-2H3,(H2,9,11). The Morgan fingerprint density at radius 3 is 2.43 bits per heavy atom. The van der Waals surface area contributed by atoms with Gasteiger partial charge in [0, 0.05) is 12.9 Å². The van der Waals surface area contributed by atoms with Crippen molar-refractivity contribution in [1.29, 1.82) is 0 Å². The number of primary amides is 1. The molecular formula is C7H15ClN2O3S. The Kier molecular flexibility index (Phi) is 5.40. The molecular weight excluding hydrogens is 228 g/mol. The van der Waals surface area contributed by atoms with Gasteiger partial charge in [0.1, 0.15) is 0 Å². The highest BCUT2D eigenvalue weighted by atomic mass is 35.5. The summed E-state index contributed by atoms with van der Waals surface area (Å²) in [6.07, 6.45) is 0. The van der Waals surface area contributed by atoms with Gasteiger partial charge >= 0.3 is 0 Å². The molecule has 0 heterocycles. The van der Waals surface area contributed by atoms with Gasteiger partial charge in [-0.1, -0.05) is 6.92 Å². The van der Waals surface area contributed by atoms with Crippen molar-refractivity contribution in [3.63, 3.8) is 0 Å². The summed E-state index contributed by atoms with van der Waals surface area (Å²) >= 11 is 5.49. The lowest BCUT2D eigenvalue weighted by Gasteiger charge is -2.17. The van der Waals surface area contributed by atoms with E-state index in [0.717, 1.165) is 4.31 Å². The zero-order chi connectivity index (χ0) is 11.4. The first kappa shape index (κ1) is 13.7. The zero-order valence-electron chi connectivity index (χ0n) is 8.23. The predicted molar refractivity (Wildman–Crippen MR) is 55.5 cm³/mol. The van der Waals surface area contributed by atoms with Gasteiger partial charge in [0.25, 0.3) is 0 Å². The van der Waals surface area contributed by atoms with Crippen LogP contribution in [0.1, 0.15) is 6.92 Å². The van der Waals surface area contributed by atoms with Gasteiger partial charge in [0.15, 0.2) is 0 Å². The lowest BCUT2D eigenvalue weighted by Crippen LogP contribution is -2.38. The Labute approximate surface area is 89.3 Å². The molecule has 0 aromatic rings. The minimum absolute atomic E-state index is 0.0692. The normalized spacial score (nSPS) is 14.3. The number of carbonyl (C=O) groups excluding carboxylic acids is 1. The van der Waals surface area contributed by atoms with E-state index < -0.39 is 15.9 Å². The average molecular weight is 243 g/mol. The van der Waals surface area contributed by atoms with E-state index in [1.165, 1.54) is 7.05 Å². The van der Waals surface area contributed by atoms with Crippen LogP contribution in [0, 0.1) is 5.92 Å². The summed E-state index contributed by atoms with van der Waals surface area (Å²) < 4.78 is 23.9. The summed E-state index contributed by atoms with van der Waals surface area (Å²) in [5.74, 6) is -0.615. The van der Waals surface area contributed by atoms with Gasteiger partial charge in [0.2, 0.25) is 15.9 Å². The van der Waals surface area contributed by atoms with Gasteiger partial charge in [-0.15, -0.1) is 11.6 Å². The lowest BCUT2D eigenvalue weighted by molar-refractivity contribution is -0.118. The van der Waals surface area contributed by atoms with Crippen LogP contribution >= 0.6 is 11.6 Å². The molecule has 0 aliphatic heterocycles. The Hall–Kier alpha value is -0.330. The Bertz CT molecular complexity index is 291. The summed E-state index contributed by atoms with van der Waals surface area (Å²) in [5, 5.41) is 0. The van der Waals surface area contributed by atoms with E-state index in [1.807, 2.05) is 0 Å². The first-order valence-corrected chi connectivity index (χ1v) is 6.22. The number of hydrogen-bond acceptors (Lipinski definition) is 3. The fourth-order valence-electron chi connectivity index (χ4n) is 0.849. The fourth-order valence-corrected chi connectivity index (χ4v) is 2.50. The van der Waals surface area contributed by atoms with Crippen LogP contribution in [0.25, 0.3) is 0 Å². The number of rotatable bonds is 6. The van der Waals surface area contributed by atoms with Crippen LogP contribution in [-0.2, 0) is 14.8 Å². The van der Waals surface area contributed by atoms with Crippen molar-refractivity contribution in [3.05, 3.63) is 0 Å². The van der Waals surface area contributed by atoms with Crippen LogP contribution in [0.4, 0.5) is 0 Å². The number of hydrogen-bond donors (Lipinski definition) is 1. The monoisotopic (exact) mass is 242 g/mol. The molecule has 7 heteroatoms. The van der Waals surface area contributed by atoms with Crippen molar-refractivity contribution >= 4 is 27.5 Å². The third-order valence-corrected chi connectivity index (χ3v) is 4.21. The molecule has 0 saturated heterocycles. The second-order valence-electron chi connectivity index (χ2n) is 3.26. The number of amides is 1. The molecule has 0 saturated carbocycles. The maximum atomic E-state index is 11.5. The highest BCUT2D eigenvalue weighted by Gasteiger charge is 2.21. The van der Waals surface area contributed by atoms with E-state index in [4.69, 9.17) is 17.3 Å². The van der Waals surface area contributed by atoms with Crippen molar-refractivity contribution in [1.82, 2.24) is 4.31 Å². The van der Waals surface area contributed by atoms with Gasteiger partial charge < -0.3 is 5.73 Å². The van der Waals surface area contributed by atoms with E-state index in [0.29, 0.717) is 0 Å². The Morgan fingerprint density at radius 2 is 2.07 bits per heavy atom. The predicted octanol–water partition coefficient (Wildman–Crippen LogP) is -0.392. The molecule has 5 nitrogen and oxygen atoms in total. The first-order chi connectivity index (χ1) is 6.29. The summed E-state index contributed by atoms with van der Waals surface area (Å²) in [6.45, 7) is 1.43. The van der Waals surface area contributed by atoms with Crippen LogP contribution in [0.5, 0.6) is 0 Å². The molecule has 0 rings (SSSR count). The molecule has 84 valence electrons. The van der Waals surface area contributed by atoms with Crippen LogP contribution in [0.15, 0.2) is 0 Å². The first-order valence-electron chi connectivity index (χ1n) is 4.08. The fraction of sp³-hybridized carbons (Fsp3) is 0.857. The quantitative estimate of drug-likeness (QED) is 0.644. The van der Waals surface area contributed by atoms with E-state index in [9.17, 15) is 13.2 Å². The summed E-state index contributed by atoms with van der Waals surface area (Å²) in [6, 6.07) is 0. The molecule has 14 heavy (non-hydrogen) atoms. The molecule has 0 aromatic carbocycles. The molecule has 0 fully saturated rings. The number of nitrogens with zero attached hydrogens (tertiary/aromatic N) is 1. The topological polar surface area (TPSA) is 80.5 Å². The van der Waals surface area contributed by atoms with Gasteiger partial charge in [-0.05, 0) is 5.92 Å². The van der Waals surface area contributed by atoms with Crippen LogP contribution in [0.3, 0.4) is 0 Å². The minimum atomic E-state index is -3.42. The maximum Gasteiger partial charge on any atom is 0.232 e. The van der Waals surface area contributed by atoms with Crippen molar-refractivity contribution in [2.75, 3.05) is 25.2 Å². The minimum Gasteiger partial charge on any atom is -0.369 e. The third kappa shape index (κ3) is 4.78. The number of sulfonamides is 1. The van der Waals surface area contributed by atoms with Gasteiger partial charge in [-0.25, -0.2) is 8.42 Å². The molecule has 0 radical (unpaired) electrons. The lowest BCUT2D eigenvalue weighted by atomic mass is 10.3. The number of alkyl halides is 1. The molecule has 1 atom stereocenters. The number of carbonyl (C=O) groups is 1. The van der Waals surface area contributed by atoms with Crippen LogP contribution in [0.2, 0.25) is 0 Å². The van der Waals surface area contributed by atoms with Crippen LogP contribution in [-0.4, -0.2) is 43.9 Å². The average Bonchev–Trinajstić information content (AvgIpc) is 2.02. The molecule has 2 N–H and O–H groups in total. The zero-order valence-corrected chi connectivity index (χ0v) is 9.81. The van der Waals surface area contributed by atoms with Gasteiger partial charge in [-0.2, -0.15) is 4.31 Å². The molecule has 0 spiro atoms. The largest absolute Gasteiger partial charge is 0.369 e. The summed E-state index contributed by atoms with van der Waals surface area (Å²) in [7, 11) is -2.10. The van der Waals surface area contributed by atoms with Gasteiger partial charge in [0.05, 0.1) is 12.3 Å². The highest BCUT2D eigenvalue weighted by molar-refractivity contribution is 7.89. The number of nitrogens with two attached hydrogens (primary N) is 1. The molecule has 1 unspecified atom stereocenters. The maximum absolute atomic E-state index is 11.5. The molecule has 0 aliphatic carbocycles. The smallest absolute Gasteiger partial charge is 0.232 e. The SMILES string of the molecule is CC(CCl)CS(=O)(=O)N(C)CC(N)=O. The molecule has 0 aromatic heterocycles. The van der Waals surface area contributed by atoms with E-state index in [2.05, 4.69) is 0 Å². The Balaban J connectivity index is 4.39. The Morgan fingerprint density at radius 1 is 1.57 bits per heavy atom. The van der Waals surface area contributed by atoms with E-state index in [1.54, 1.807) is 6.92 Å². The third-order valence-electron chi connectivity index (χ3n) is 1.61. The van der Waals surface area contributed by atoms with Crippen molar-refractivity contribution in [2.24, 2.45) is 11.7 Å². The van der Waals surface area contributed by atoms with Crippen molar-refractivity contribution in [3.8, 4) is 0 Å². The van der Waals surface area contributed by atoms with E-state index >= 15 is 0 Å². The van der Waals surface area contributed by atoms with Crippen molar-refractivity contribution < 1.29 is 13.2 Å².